The van der Waals surface area contributed by atoms with Crippen molar-refractivity contribution in [3.05, 3.63) is 45.8 Å². The van der Waals surface area contributed by atoms with E-state index in [0.29, 0.717) is 22.2 Å². The minimum Gasteiger partial charge on any atom is -0.497 e. The van der Waals surface area contributed by atoms with E-state index in [1.165, 1.54) is 24.0 Å². The molecule has 0 unspecified atom stereocenters. The van der Waals surface area contributed by atoms with E-state index in [-0.39, 0.29) is 5.97 Å². The third-order valence-corrected chi connectivity index (χ3v) is 5.23. The van der Waals surface area contributed by atoms with E-state index in [0.717, 1.165) is 22.6 Å². The lowest BCUT2D eigenvalue weighted by Crippen LogP contribution is -2.30. The number of thiophene rings is 1. The number of anilines is 1. The number of carbonyl (C=O) groups excluding carboxylic acids is 1. The second-order valence-electron chi connectivity index (χ2n) is 5.46. The number of esters is 1. The molecule has 25 heavy (non-hydrogen) atoms. The minimum atomic E-state index is -0.356. The Morgan fingerprint density at radius 1 is 1.20 bits per heavy atom. The van der Waals surface area contributed by atoms with Crippen LogP contribution in [0.15, 0.2) is 24.3 Å². The lowest BCUT2D eigenvalue weighted by atomic mass is 10.1. The Morgan fingerprint density at radius 2 is 1.88 bits per heavy atom. The first-order valence-electron chi connectivity index (χ1n) is 7.82. The van der Waals surface area contributed by atoms with Crippen LogP contribution in [0.5, 0.6) is 5.75 Å². The van der Waals surface area contributed by atoms with Crippen LogP contribution < -0.4 is 15.4 Å². The number of benzene rings is 1. The van der Waals surface area contributed by atoms with Gasteiger partial charge >= 0.3 is 5.97 Å². The molecule has 0 aliphatic heterocycles. The van der Waals surface area contributed by atoms with E-state index < -0.39 is 0 Å². The van der Waals surface area contributed by atoms with Crippen molar-refractivity contribution >= 4 is 39.6 Å². The Bertz CT molecular complexity index is 754. The molecule has 0 aliphatic rings. The Balaban J connectivity index is 1.92. The fourth-order valence-electron chi connectivity index (χ4n) is 2.32. The molecule has 0 spiro atoms. The predicted molar refractivity (Wildman–Crippen MR) is 106 cm³/mol. The molecule has 2 N–H and O–H groups in total. The first kappa shape index (κ1) is 19.2. The zero-order chi connectivity index (χ0) is 18.4. The highest BCUT2D eigenvalue weighted by Gasteiger charge is 2.20. The van der Waals surface area contributed by atoms with Gasteiger partial charge in [0.2, 0.25) is 0 Å². The SMILES string of the molecule is COC(=O)c1c(NC(=S)NCCc2ccc(OC)cc2)sc(C)c1C. The van der Waals surface area contributed by atoms with E-state index >= 15 is 0 Å². The first-order valence-corrected chi connectivity index (χ1v) is 9.04. The van der Waals surface area contributed by atoms with E-state index in [4.69, 9.17) is 21.7 Å². The average Bonchev–Trinajstić information content (AvgIpc) is 2.88. The van der Waals surface area contributed by atoms with E-state index in [1.54, 1.807) is 7.11 Å². The van der Waals surface area contributed by atoms with E-state index in [1.807, 2.05) is 38.1 Å². The molecule has 0 fully saturated rings. The number of thiocarbonyl (C=S) groups is 1. The Kier molecular flexibility index (Phi) is 6.78. The van der Waals surface area contributed by atoms with Crippen LogP contribution in [-0.2, 0) is 11.2 Å². The molecule has 0 amide bonds. The van der Waals surface area contributed by atoms with Crippen LogP contribution >= 0.6 is 23.6 Å². The largest absolute Gasteiger partial charge is 0.497 e. The number of rotatable bonds is 6. The van der Waals surface area contributed by atoms with Gasteiger partial charge in [-0.05, 0) is 55.7 Å². The summed E-state index contributed by atoms with van der Waals surface area (Å²) in [6, 6.07) is 7.92. The molecule has 0 saturated heterocycles. The smallest absolute Gasteiger partial charge is 0.341 e. The summed E-state index contributed by atoms with van der Waals surface area (Å²) in [5.74, 6) is 0.484. The van der Waals surface area contributed by atoms with Crippen molar-refractivity contribution in [1.29, 1.82) is 0 Å². The summed E-state index contributed by atoms with van der Waals surface area (Å²) in [6.45, 7) is 4.57. The Morgan fingerprint density at radius 3 is 2.48 bits per heavy atom. The number of carbonyl (C=O) groups is 1. The molecular formula is C18H22N2O3S2. The van der Waals surface area contributed by atoms with E-state index in [2.05, 4.69) is 10.6 Å². The second-order valence-corrected chi connectivity index (χ2v) is 7.09. The average molecular weight is 379 g/mol. The normalized spacial score (nSPS) is 10.2. The standard InChI is InChI=1S/C18H22N2O3S2/c1-11-12(2)25-16(15(11)17(21)23-4)20-18(24)19-10-9-13-5-7-14(22-3)8-6-13/h5-8H,9-10H2,1-4H3,(H2,19,20,24). The van der Waals surface area contributed by atoms with Gasteiger partial charge in [-0.3, -0.25) is 0 Å². The Hall–Kier alpha value is -2.12. The number of nitrogens with one attached hydrogen (secondary N) is 2. The third kappa shape index (κ3) is 4.93. The van der Waals surface area contributed by atoms with Crippen LogP contribution in [0.3, 0.4) is 0 Å². The molecule has 2 rings (SSSR count). The number of ether oxygens (including phenoxy) is 2. The van der Waals surface area contributed by atoms with Gasteiger partial charge in [0.15, 0.2) is 5.11 Å². The molecule has 0 saturated carbocycles. The van der Waals surface area contributed by atoms with Crippen molar-refractivity contribution < 1.29 is 14.3 Å². The molecule has 0 bridgehead atoms. The van der Waals surface area contributed by atoms with Gasteiger partial charge in [0, 0.05) is 11.4 Å². The molecule has 5 nitrogen and oxygen atoms in total. The zero-order valence-electron chi connectivity index (χ0n) is 14.8. The van der Waals surface area contributed by atoms with Crippen LogP contribution in [0.25, 0.3) is 0 Å². The summed E-state index contributed by atoms with van der Waals surface area (Å²) in [7, 11) is 3.03. The molecule has 1 aromatic carbocycles. The maximum atomic E-state index is 12.0. The van der Waals surface area contributed by atoms with Crippen molar-refractivity contribution in [2.24, 2.45) is 0 Å². The molecule has 1 heterocycles. The molecule has 0 atom stereocenters. The van der Waals surface area contributed by atoms with Gasteiger partial charge in [-0.2, -0.15) is 0 Å². The number of hydrogen-bond acceptors (Lipinski definition) is 5. The summed E-state index contributed by atoms with van der Waals surface area (Å²) in [4.78, 5) is 13.0. The van der Waals surface area contributed by atoms with Crippen molar-refractivity contribution in [2.45, 2.75) is 20.3 Å². The maximum absolute atomic E-state index is 12.0. The van der Waals surface area contributed by atoms with E-state index in [9.17, 15) is 4.79 Å². The van der Waals surface area contributed by atoms with Gasteiger partial charge in [-0.25, -0.2) is 4.79 Å². The second kappa shape index (κ2) is 8.82. The van der Waals surface area contributed by atoms with Crippen LogP contribution in [0, 0.1) is 13.8 Å². The lowest BCUT2D eigenvalue weighted by molar-refractivity contribution is 0.0601. The fourth-order valence-corrected chi connectivity index (χ4v) is 3.64. The Labute approximate surface area is 157 Å². The molecule has 1 aromatic heterocycles. The summed E-state index contributed by atoms with van der Waals surface area (Å²) >= 11 is 6.83. The van der Waals surface area contributed by atoms with Gasteiger partial charge in [0.05, 0.1) is 19.8 Å². The van der Waals surface area contributed by atoms with Gasteiger partial charge in [0.1, 0.15) is 10.8 Å². The summed E-state index contributed by atoms with van der Waals surface area (Å²) < 4.78 is 10.0. The topological polar surface area (TPSA) is 59.6 Å². The van der Waals surface area contributed by atoms with Gasteiger partial charge < -0.3 is 20.1 Å². The molecule has 134 valence electrons. The first-order chi connectivity index (χ1) is 12.0. The van der Waals surface area contributed by atoms with Crippen LogP contribution in [0.1, 0.15) is 26.4 Å². The highest BCUT2D eigenvalue weighted by atomic mass is 32.1. The molecule has 0 aliphatic carbocycles. The fraction of sp³-hybridized carbons (Fsp3) is 0.333. The van der Waals surface area contributed by atoms with Gasteiger partial charge in [-0.1, -0.05) is 12.1 Å². The minimum absolute atomic E-state index is 0.356. The maximum Gasteiger partial charge on any atom is 0.341 e. The molecule has 2 aromatic rings. The van der Waals surface area contributed by atoms with Crippen molar-refractivity contribution in [3.8, 4) is 5.75 Å². The number of hydrogen-bond donors (Lipinski definition) is 2. The quantitative estimate of drug-likeness (QED) is 0.591. The van der Waals surface area contributed by atoms with Crippen LogP contribution in [0.2, 0.25) is 0 Å². The van der Waals surface area contributed by atoms with Crippen LogP contribution in [0.4, 0.5) is 5.00 Å². The summed E-state index contributed by atoms with van der Waals surface area (Å²) in [5.41, 5.74) is 2.65. The number of methoxy groups -OCH3 is 2. The lowest BCUT2D eigenvalue weighted by Gasteiger charge is -2.11. The highest BCUT2D eigenvalue weighted by molar-refractivity contribution is 7.80. The van der Waals surface area contributed by atoms with Crippen LogP contribution in [-0.4, -0.2) is 31.8 Å². The highest BCUT2D eigenvalue weighted by Crippen LogP contribution is 2.32. The van der Waals surface area contributed by atoms with Gasteiger partial charge in [0.25, 0.3) is 0 Å². The summed E-state index contributed by atoms with van der Waals surface area (Å²) in [5, 5.41) is 7.47. The zero-order valence-corrected chi connectivity index (χ0v) is 16.4. The van der Waals surface area contributed by atoms with Crippen molar-refractivity contribution in [2.75, 3.05) is 26.1 Å². The molecular weight excluding hydrogens is 356 g/mol. The monoisotopic (exact) mass is 378 g/mol. The molecule has 0 radical (unpaired) electrons. The van der Waals surface area contributed by atoms with Gasteiger partial charge in [-0.15, -0.1) is 11.3 Å². The summed E-state index contributed by atoms with van der Waals surface area (Å²) in [6.07, 6.45) is 0.832. The van der Waals surface area contributed by atoms with Crippen molar-refractivity contribution in [3.63, 3.8) is 0 Å². The number of aryl methyl sites for hydroxylation is 1. The predicted octanol–water partition coefficient (Wildman–Crippen LogP) is 3.69. The molecule has 7 heteroatoms. The van der Waals surface area contributed by atoms with Crippen molar-refractivity contribution in [1.82, 2.24) is 5.32 Å². The third-order valence-electron chi connectivity index (χ3n) is 3.86.